The van der Waals surface area contributed by atoms with Crippen molar-refractivity contribution in [3.05, 3.63) is 53.3 Å². The van der Waals surface area contributed by atoms with E-state index in [1.54, 1.807) is 12.3 Å². The zero-order valence-electron chi connectivity index (χ0n) is 8.31. The maximum absolute atomic E-state index is 8.96. The number of hydrogen-bond donors (Lipinski definition) is 1. The molecule has 0 aliphatic carbocycles. The lowest BCUT2D eigenvalue weighted by molar-refractivity contribution is 1.30. The second-order valence-corrected chi connectivity index (χ2v) is 3.49. The van der Waals surface area contributed by atoms with E-state index in [0.29, 0.717) is 11.3 Å². The summed E-state index contributed by atoms with van der Waals surface area (Å²) in [5.41, 5.74) is 1.92. The fourth-order valence-electron chi connectivity index (χ4n) is 1.32. The van der Waals surface area contributed by atoms with Gasteiger partial charge in [-0.25, -0.2) is 4.98 Å². The van der Waals surface area contributed by atoms with Crippen LogP contribution in [0.25, 0.3) is 0 Å². The van der Waals surface area contributed by atoms with E-state index >= 15 is 0 Å². The first kappa shape index (κ1) is 10.5. The van der Waals surface area contributed by atoms with Crippen LogP contribution in [0.2, 0.25) is 5.15 Å². The van der Waals surface area contributed by atoms with E-state index in [1.165, 1.54) is 0 Å². The number of rotatable bonds is 2. The van der Waals surface area contributed by atoms with Gasteiger partial charge in [0, 0.05) is 11.9 Å². The molecule has 1 aromatic carbocycles. The smallest absolute Gasteiger partial charge is 0.148 e. The molecule has 0 amide bonds. The summed E-state index contributed by atoms with van der Waals surface area (Å²) in [6.07, 6.45) is 1.56. The first-order chi connectivity index (χ1) is 7.81. The Bertz CT molecular complexity index is 532. The lowest BCUT2D eigenvalue weighted by Gasteiger charge is -2.07. The van der Waals surface area contributed by atoms with Gasteiger partial charge in [-0.2, -0.15) is 5.26 Å². The van der Waals surface area contributed by atoms with Gasteiger partial charge in [0.15, 0.2) is 0 Å². The number of anilines is 2. The molecule has 1 heterocycles. The van der Waals surface area contributed by atoms with Crippen molar-refractivity contribution < 1.29 is 0 Å². The van der Waals surface area contributed by atoms with Gasteiger partial charge in [-0.3, -0.25) is 0 Å². The average Bonchev–Trinajstić information content (AvgIpc) is 2.31. The van der Waals surface area contributed by atoms with E-state index in [4.69, 9.17) is 16.9 Å². The summed E-state index contributed by atoms with van der Waals surface area (Å²) in [6, 6.07) is 13.3. The van der Waals surface area contributed by atoms with Crippen molar-refractivity contribution in [1.29, 1.82) is 5.26 Å². The van der Waals surface area contributed by atoms with Crippen molar-refractivity contribution in [2.24, 2.45) is 0 Å². The van der Waals surface area contributed by atoms with Gasteiger partial charge in [-0.1, -0.05) is 29.8 Å². The molecular weight excluding hydrogens is 222 g/mol. The number of benzene rings is 1. The first-order valence-corrected chi connectivity index (χ1v) is 5.06. The van der Waals surface area contributed by atoms with Crippen LogP contribution in [0.4, 0.5) is 11.4 Å². The molecule has 4 heteroatoms. The van der Waals surface area contributed by atoms with Crippen molar-refractivity contribution in [3.63, 3.8) is 0 Å². The van der Waals surface area contributed by atoms with Crippen molar-refractivity contribution in [3.8, 4) is 6.07 Å². The minimum atomic E-state index is 0.212. The highest BCUT2D eigenvalue weighted by atomic mass is 35.5. The maximum atomic E-state index is 8.96. The maximum Gasteiger partial charge on any atom is 0.148 e. The zero-order chi connectivity index (χ0) is 11.4. The van der Waals surface area contributed by atoms with E-state index in [1.807, 2.05) is 36.4 Å². The normalized spacial score (nSPS) is 9.50. The van der Waals surface area contributed by atoms with Crippen LogP contribution in [0.1, 0.15) is 5.56 Å². The molecule has 0 bridgehead atoms. The molecule has 0 saturated carbocycles. The van der Waals surface area contributed by atoms with Crippen LogP contribution in [0.15, 0.2) is 42.6 Å². The summed E-state index contributed by atoms with van der Waals surface area (Å²) >= 11 is 5.82. The largest absolute Gasteiger partial charge is 0.354 e. The second-order valence-electron chi connectivity index (χ2n) is 3.13. The van der Waals surface area contributed by atoms with Gasteiger partial charge in [-0.15, -0.1) is 0 Å². The third kappa shape index (κ3) is 2.13. The minimum Gasteiger partial charge on any atom is -0.354 e. The molecule has 0 atom stereocenters. The van der Waals surface area contributed by atoms with Crippen molar-refractivity contribution in [2.45, 2.75) is 0 Å². The predicted octanol–water partition coefficient (Wildman–Crippen LogP) is 3.35. The van der Waals surface area contributed by atoms with E-state index < -0.39 is 0 Å². The second kappa shape index (κ2) is 4.65. The Kier molecular flexibility index (Phi) is 3.04. The molecular formula is C12H8ClN3. The Morgan fingerprint density at radius 2 is 1.94 bits per heavy atom. The van der Waals surface area contributed by atoms with Crippen molar-refractivity contribution >= 4 is 23.0 Å². The fourth-order valence-corrected chi connectivity index (χ4v) is 1.52. The Morgan fingerprint density at radius 1 is 1.19 bits per heavy atom. The van der Waals surface area contributed by atoms with Crippen LogP contribution in [-0.4, -0.2) is 4.98 Å². The summed E-state index contributed by atoms with van der Waals surface area (Å²) in [7, 11) is 0. The van der Waals surface area contributed by atoms with Crippen molar-refractivity contribution in [1.82, 2.24) is 4.98 Å². The van der Waals surface area contributed by atoms with Crippen LogP contribution in [0, 0.1) is 11.3 Å². The van der Waals surface area contributed by atoms with E-state index in [9.17, 15) is 0 Å². The molecule has 78 valence electrons. The average molecular weight is 230 g/mol. The topological polar surface area (TPSA) is 48.7 Å². The SMILES string of the molecule is N#Cc1c(Nc2ccccc2)ccnc1Cl. The summed E-state index contributed by atoms with van der Waals surface area (Å²) in [5, 5.41) is 12.3. The van der Waals surface area contributed by atoms with E-state index in [2.05, 4.69) is 10.3 Å². The molecule has 1 N–H and O–H groups in total. The number of nitrogens with one attached hydrogen (secondary N) is 1. The minimum absolute atomic E-state index is 0.212. The van der Waals surface area contributed by atoms with Crippen LogP contribution in [0.3, 0.4) is 0 Å². The Balaban J connectivity index is 2.36. The number of hydrogen-bond acceptors (Lipinski definition) is 3. The molecule has 0 fully saturated rings. The highest BCUT2D eigenvalue weighted by molar-refractivity contribution is 6.30. The van der Waals surface area contributed by atoms with Gasteiger partial charge >= 0.3 is 0 Å². The molecule has 0 aliphatic rings. The number of nitriles is 1. The Hall–Kier alpha value is -2.05. The third-order valence-corrected chi connectivity index (χ3v) is 2.36. The summed E-state index contributed by atoms with van der Waals surface area (Å²) in [4.78, 5) is 3.86. The van der Waals surface area contributed by atoms with Gasteiger partial charge in [0.1, 0.15) is 16.8 Å². The summed E-state index contributed by atoms with van der Waals surface area (Å²) in [5.74, 6) is 0. The standard InChI is InChI=1S/C12H8ClN3/c13-12-10(8-14)11(6-7-15-12)16-9-4-2-1-3-5-9/h1-7H,(H,15,16). The third-order valence-electron chi connectivity index (χ3n) is 2.07. The number of pyridine rings is 1. The van der Waals surface area contributed by atoms with Gasteiger partial charge in [0.2, 0.25) is 0 Å². The molecule has 0 radical (unpaired) electrons. The predicted molar refractivity (Wildman–Crippen MR) is 63.7 cm³/mol. The van der Waals surface area contributed by atoms with Crippen LogP contribution in [0.5, 0.6) is 0 Å². The van der Waals surface area contributed by atoms with Crippen LogP contribution in [-0.2, 0) is 0 Å². The molecule has 0 aliphatic heterocycles. The lowest BCUT2D eigenvalue weighted by Crippen LogP contribution is -1.95. The molecule has 0 unspecified atom stereocenters. The summed E-state index contributed by atoms with van der Waals surface area (Å²) < 4.78 is 0. The molecule has 16 heavy (non-hydrogen) atoms. The fraction of sp³-hybridized carbons (Fsp3) is 0. The number of aromatic nitrogens is 1. The van der Waals surface area contributed by atoms with E-state index in [-0.39, 0.29) is 5.15 Å². The lowest BCUT2D eigenvalue weighted by atomic mass is 10.2. The molecule has 0 spiro atoms. The number of halogens is 1. The highest BCUT2D eigenvalue weighted by Gasteiger charge is 2.06. The number of para-hydroxylation sites is 1. The molecule has 2 aromatic rings. The zero-order valence-corrected chi connectivity index (χ0v) is 9.07. The van der Waals surface area contributed by atoms with Gasteiger partial charge in [0.25, 0.3) is 0 Å². The number of nitrogens with zero attached hydrogens (tertiary/aromatic N) is 2. The monoisotopic (exact) mass is 229 g/mol. The quantitative estimate of drug-likeness (QED) is 0.804. The molecule has 2 rings (SSSR count). The molecule has 3 nitrogen and oxygen atoms in total. The van der Waals surface area contributed by atoms with Crippen LogP contribution >= 0.6 is 11.6 Å². The van der Waals surface area contributed by atoms with E-state index in [0.717, 1.165) is 5.69 Å². The van der Waals surface area contributed by atoms with Gasteiger partial charge < -0.3 is 5.32 Å². The van der Waals surface area contributed by atoms with Gasteiger partial charge in [-0.05, 0) is 18.2 Å². The summed E-state index contributed by atoms with van der Waals surface area (Å²) in [6.45, 7) is 0. The highest BCUT2D eigenvalue weighted by Crippen LogP contribution is 2.24. The van der Waals surface area contributed by atoms with Crippen LogP contribution < -0.4 is 5.32 Å². The Labute approximate surface area is 98.3 Å². The molecule has 1 aromatic heterocycles. The van der Waals surface area contributed by atoms with Crippen molar-refractivity contribution in [2.75, 3.05) is 5.32 Å². The van der Waals surface area contributed by atoms with Gasteiger partial charge in [0.05, 0.1) is 5.69 Å². The Morgan fingerprint density at radius 3 is 2.62 bits per heavy atom. The molecule has 0 saturated heterocycles. The first-order valence-electron chi connectivity index (χ1n) is 4.68.